The zero-order chi connectivity index (χ0) is 19.6. The van der Waals surface area contributed by atoms with E-state index in [4.69, 9.17) is 5.26 Å². The molecule has 0 radical (unpaired) electrons. The molecule has 0 amide bonds. The largest absolute Gasteiger partial charge is 0.348 e. The van der Waals surface area contributed by atoms with Crippen LogP contribution in [0.5, 0.6) is 0 Å². The highest BCUT2D eigenvalue weighted by Gasteiger charge is 2.19. The van der Waals surface area contributed by atoms with Crippen molar-refractivity contribution in [1.29, 1.82) is 5.26 Å². The Hall–Kier alpha value is -3.66. The van der Waals surface area contributed by atoms with Crippen LogP contribution in [0.15, 0.2) is 40.2 Å². The average Bonchev–Trinajstić information content (AvgIpc) is 3.08. The topological polar surface area (TPSA) is 118 Å². The fourth-order valence-corrected chi connectivity index (χ4v) is 2.67. The molecule has 136 valence electrons. The van der Waals surface area contributed by atoms with E-state index in [1.807, 2.05) is 26.8 Å². The second kappa shape index (κ2) is 6.92. The number of H-pyrrole nitrogens is 3. The molecule has 0 fully saturated rings. The van der Waals surface area contributed by atoms with Crippen LogP contribution in [-0.4, -0.2) is 19.9 Å². The molecule has 7 nitrogen and oxygen atoms in total. The summed E-state index contributed by atoms with van der Waals surface area (Å²) in [6.07, 6.45) is 4.68. The van der Waals surface area contributed by atoms with Crippen molar-refractivity contribution in [2.75, 3.05) is 0 Å². The van der Waals surface area contributed by atoms with Gasteiger partial charge in [-0.3, -0.25) is 9.59 Å². The molecule has 1 aromatic carbocycles. The molecule has 0 aliphatic heterocycles. The molecular formula is C20H19N5O2. The van der Waals surface area contributed by atoms with Crippen LogP contribution in [-0.2, 0) is 5.41 Å². The first-order chi connectivity index (χ1) is 12.8. The van der Waals surface area contributed by atoms with E-state index in [1.165, 1.54) is 0 Å². The molecule has 7 heteroatoms. The Bertz CT molecular complexity index is 1250. The Morgan fingerprint density at radius 2 is 1.59 bits per heavy atom. The van der Waals surface area contributed by atoms with Crippen molar-refractivity contribution in [2.24, 2.45) is 0 Å². The first kappa shape index (κ1) is 18.1. The van der Waals surface area contributed by atoms with Gasteiger partial charge in [0.05, 0.1) is 23.7 Å². The number of rotatable bonds is 2. The first-order valence-corrected chi connectivity index (χ1v) is 8.38. The Labute approximate surface area is 154 Å². The number of imidazole rings is 1. The molecule has 0 unspecified atom stereocenters. The average molecular weight is 361 g/mol. The number of hydrogen-bond donors (Lipinski definition) is 3. The lowest BCUT2D eigenvalue weighted by Gasteiger charge is -2.16. The summed E-state index contributed by atoms with van der Waals surface area (Å²) in [6.45, 7) is 6.08. The predicted molar refractivity (Wildman–Crippen MR) is 103 cm³/mol. The summed E-state index contributed by atoms with van der Waals surface area (Å²) in [7, 11) is 0. The van der Waals surface area contributed by atoms with Gasteiger partial charge in [0.1, 0.15) is 10.7 Å². The lowest BCUT2D eigenvalue weighted by Crippen LogP contribution is -2.46. The zero-order valence-electron chi connectivity index (χ0n) is 15.3. The van der Waals surface area contributed by atoms with Gasteiger partial charge in [-0.25, -0.2) is 4.98 Å². The second-order valence-corrected chi connectivity index (χ2v) is 7.17. The molecular weight excluding hydrogens is 342 g/mol. The summed E-state index contributed by atoms with van der Waals surface area (Å²) < 4.78 is 0. The number of nitrogens with zero attached hydrogens (tertiary/aromatic N) is 2. The highest BCUT2D eigenvalue weighted by atomic mass is 16.1. The Balaban J connectivity index is 2.10. The van der Waals surface area contributed by atoms with Gasteiger partial charge in [0.15, 0.2) is 0 Å². The summed E-state index contributed by atoms with van der Waals surface area (Å²) in [5, 5.41) is 9.10. The Kier molecular flexibility index (Phi) is 4.65. The lowest BCUT2D eigenvalue weighted by atomic mass is 9.90. The highest BCUT2D eigenvalue weighted by molar-refractivity contribution is 5.50. The van der Waals surface area contributed by atoms with Gasteiger partial charge in [-0.05, 0) is 29.8 Å². The van der Waals surface area contributed by atoms with Gasteiger partial charge in [-0.1, -0.05) is 32.9 Å². The van der Waals surface area contributed by atoms with E-state index >= 15 is 0 Å². The predicted octanol–water partition coefficient (Wildman–Crippen LogP) is 0.613. The third-order valence-electron chi connectivity index (χ3n) is 4.04. The van der Waals surface area contributed by atoms with E-state index in [0.29, 0.717) is 16.8 Å². The van der Waals surface area contributed by atoms with Crippen molar-refractivity contribution in [2.45, 2.75) is 26.2 Å². The van der Waals surface area contributed by atoms with E-state index in [1.54, 1.807) is 42.7 Å². The lowest BCUT2D eigenvalue weighted by molar-refractivity contribution is 0.571. The van der Waals surface area contributed by atoms with E-state index in [0.717, 1.165) is 5.69 Å². The number of nitrogens with one attached hydrogen (secondary N) is 3. The molecule has 3 rings (SSSR count). The zero-order valence-corrected chi connectivity index (χ0v) is 15.3. The van der Waals surface area contributed by atoms with Gasteiger partial charge >= 0.3 is 0 Å². The standard InChI is InChI=1S/C20H19N5O2/c1-20(2,3)17-14(22-11-23-17)9-16-19(27)24-15(18(26)25-16)8-12-4-6-13(10-21)7-5-12/h4-9,11H,1-3H3,(H,22,23)(H,24,27)(H,25,26)/b15-8-,16-9-. The number of nitriles is 1. The monoisotopic (exact) mass is 361 g/mol. The van der Waals surface area contributed by atoms with Gasteiger partial charge in [0.25, 0.3) is 11.1 Å². The number of hydrogen-bond acceptors (Lipinski definition) is 4. The van der Waals surface area contributed by atoms with Gasteiger partial charge in [0.2, 0.25) is 0 Å². The minimum atomic E-state index is -0.419. The molecule has 0 aliphatic carbocycles. The number of aromatic nitrogens is 4. The third-order valence-corrected chi connectivity index (χ3v) is 4.04. The maximum Gasteiger partial charge on any atom is 0.272 e. The van der Waals surface area contributed by atoms with E-state index < -0.39 is 11.1 Å². The second-order valence-electron chi connectivity index (χ2n) is 7.17. The van der Waals surface area contributed by atoms with Gasteiger partial charge in [-0.2, -0.15) is 5.26 Å². The van der Waals surface area contributed by atoms with E-state index in [9.17, 15) is 9.59 Å². The molecule has 0 saturated heterocycles. The van der Waals surface area contributed by atoms with Crippen molar-refractivity contribution in [3.8, 4) is 6.07 Å². The van der Waals surface area contributed by atoms with Crippen LogP contribution in [0.4, 0.5) is 0 Å². The molecule has 0 bridgehead atoms. The Morgan fingerprint density at radius 1 is 1.00 bits per heavy atom. The van der Waals surface area contributed by atoms with E-state index in [2.05, 4.69) is 19.9 Å². The van der Waals surface area contributed by atoms with Crippen molar-refractivity contribution >= 4 is 12.2 Å². The quantitative estimate of drug-likeness (QED) is 0.620. The molecule has 3 aromatic rings. The number of aromatic amines is 3. The van der Waals surface area contributed by atoms with Crippen LogP contribution in [0.1, 0.15) is 43.3 Å². The molecule has 27 heavy (non-hydrogen) atoms. The third kappa shape index (κ3) is 3.96. The normalized spacial score (nSPS) is 13.0. The summed E-state index contributed by atoms with van der Waals surface area (Å²) in [5.74, 6) is 0. The van der Waals surface area contributed by atoms with Crippen LogP contribution in [0.3, 0.4) is 0 Å². The van der Waals surface area contributed by atoms with Gasteiger partial charge in [-0.15, -0.1) is 0 Å². The fourth-order valence-electron chi connectivity index (χ4n) is 2.67. The van der Waals surface area contributed by atoms with Crippen LogP contribution in [0, 0.1) is 11.3 Å². The Morgan fingerprint density at radius 3 is 2.15 bits per heavy atom. The smallest absolute Gasteiger partial charge is 0.272 e. The van der Waals surface area contributed by atoms with Crippen LogP contribution < -0.4 is 21.8 Å². The summed E-state index contributed by atoms with van der Waals surface area (Å²) >= 11 is 0. The van der Waals surface area contributed by atoms with Crippen LogP contribution >= 0.6 is 0 Å². The van der Waals surface area contributed by atoms with Gasteiger partial charge in [0, 0.05) is 11.1 Å². The summed E-state index contributed by atoms with van der Waals surface area (Å²) in [6, 6.07) is 8.73. The molecule has 2 heterocycles. The maximum absolute atomic E-state index is 12.4. The minimum Gasteiger partial charge on any atom is -0.348 e. The highest BCUT2D eigenvalue weighted by Crippen LogP contribution is 2.22. The molecule has 0 aliphatic rings. The SMILES string of the molecule is CC(C)(C)c1[nH]cnc1/C=c1\[nH]c(=O)/c(=C/c2ccc(C#N)cc2)[nH]c1=O. The molecule has 3 N–H and O–H groups in total. The van der Waals surface area contributed by atoms with Gasteiger partial charge < -0.3 is 15.0 Å². The molecule has 0 saturated carbocycles. The van der Waals surface area contributed by atoms with Crippen molar-refractivity contribution in [3.63, 3.8) is 0 Å². The molecule has 2 aromatic heterocycles. The van der Waals surface area contributed by atoms with E-state index in [-0.39, 0.29) is 16.1 Å². The fraction of sp³-hybridized carbons (Fsp3) is 0.200. The van der Waals surface area contributed by atoms with Crippen LogP contribution in [0.2, 0.25) is 0 Å². The molecule has 0 atom stereocenters. The maximum atomic E-state index is 12.4. The minimum absolute atomic E-state index is 0.134. The summed E-state index contributed by atoms with van der Waals surface area (Å²) in [5.41, 5.74) is 1.68. The van der Waals surface area contributed by atoms with Crippen molar-refractivity contribution in [3.05, 3.63) is 84.5 Å². The van der Waals surface area contributed by atoms with Crippen LogP contribution in [0.25, 0.3) is 12.2 Å². The number of benzene rings is 1. The molecule has 0 spiro atoms. The summed E-state index contributed by atoms with van der Waals surface area (Å²) in [4.78, 5) is 37.3. The van der Waals surface area contributed by atoms with Crippen molar-refractivity contribution in [1.82, 2.24) is 19.9 Å². The van der Waals surface area contributed by atoms with Crippen molar-refractivity contribution < 1.29 is 0 Å². The first-order valence-electron chi connectivity index (χ1n) is 8.38.